The molecule has 1 N–H and O–H groups in total. The Hall–Kier alpha value is -0.280. The quantitative estimate of drug-likeness (QED) is 0.740. The average Bonchev–Trinajstić information content (AvgIpc) is 2.25. The molecule has 0 amide bonds. The molecule has 13 heavy (non-hydrogen) atoms. The molecule has 3 heteroatoms. The van der Waals surface area contributed by atoms with Crippen LogP contribution in [-0.2, 0) is 4.79 Å². The molecular weight excluding hydrogens is 184 g/mol. The van der Waals surface area contributed by atoms with Gasteiger partial charge in [-0.05, 0) is 17.6 Å². The number of aliphatic hydroxyl groups excluding tert-OH is 1. The second-order valence-corrected chi connectivity index (χ2v) is 5.27. The molecule has 0 aliphatic heterocycles. The second kappa shape index (κ2) is 3.84. The van der Waals surface area contributed by atoms with Crippen molar-refractivity contribution in [2.24, 2.45) is 5.41 Å². The van der Waals surface area contributed by atoms with E-state index in [0.717, 1.165) is 5.75 Å². The molecule has 1 aliphatic rings. The molecule has 0 spiro atoms. The lowest BCUT2D eigenvalue weighted by atomic mass is 9.93. The third kappa shape index (κ3) is 2.58. The Morgan fingerprint density at radius 1 is 1.77 bits per heavy atom. The van der Waals surface area contributed by atoms with E-state index in [0.29, 0.717) is 12.0 Å². The Bertz CT molecular complexity index is 243. The highest BCUT2D eigenvalue weighted by Gasteiger charge is 2.33. The first kappa shape index (κ1) is 10.8. The summed E-state index contributed by atoms with van der Waals surface area (Å²) in [7, 11) is 0. The van der Waals surface area contributed by atoms with Crippen LogP contribution >= 0.6 is 11.8 Å². The fourth-order valence-corrected chi connectivity index (χ4v) is 2.22. The Kier molecular flexibility index (Phi) is 3.19. The number of carbonyl (C=O) groups excluding carboxylic acids is 1. The molecule has 0 radical (unpaired) electrons. The summed E-state index contributed by atoms with van der Waals surface area (Å²) in [5.41, 5.74) is 0.565. The maximum absolute atomic E-state index is 11.5. The molecule has 0 saturated carbocycles. The number of allylic oxidation sites excluding steroid dienone is 1. The monoisotopic (exact) mass is 200 g/mol. The molecule has 1 atom stereocenters. The van der Waals surface area contributed by atoms with Crippen LogP contribution in [0.25, 0.3) is 0 Å². The van der Waals surface area contributed by atoms with E-state index in [9.17, 15) is 9.90 Å². The zero-order valence-electron chi connectivity index (χ0n) is 8.33. The van der Waals surface area contributed by atoms with Crippen LogP contribution in [0.3, 0.4) is 0 Å². The first-order valence-electron chi connectivity index (χ1n) is 4.54. The number of hydrogen-bond acceptors (Lipinski definition) is 3. The molecule has 0 aromatic rings. The average molecular weight is 200 g/mol. The third-order valence-corrected chi connectivity index (χ3v) is 2.92. The van der Waals surface area contributed by atoms with Crippen LogP contribution in [0, 0.1) is 5.41 Å². The molecule has 0 fully saturated rings. The van der Waals surface area contributed by atoms with Crippen molar-refractivity contribution in [1.29, 1.82) is 0 Å². The Labute approximate surface area is 83.4 Å². The van der Waals surface area contributed by atoms with Crippen molar-refractivity contribution < 1.29 is 9.90 Å². The van der Waals surface area contributed by atoms with E-state index in [4.69, 9.17) is 0 Å². The van der Waals surface area contributed by atoms with Gasteiger partial charge in [-0.1, -0.05) is 38.6 Å². The number of rotatable bonds is 2. The zero-order chi connectivity index (χ0) is 10.1. The fraction of sp³-hybridized carbons (Fsp3) is 0.700. The highest BCUT2D eigenvalue weighted by molar-refractivity contribution is 8.14. The van der Waals surface area contributed by atoms with E-state index < -0.39 is 6.10 Å². The fourth-order valence-electron chi connectivity index (χ4n) is 1.59. The lowest BCUT2D eigenvalue weighted by molar-refractivity contribution is -0.108. The summed E-state index contributed by atoms with van der Waals surface area (Å²) in [5, 5.41) is 9.65. The van der Waals surface area contributed by atoms with Crippen LogP contribution in [0.4, 0.5) is 0 Å². The van der Waals surface area contributed by atoms with Gasteiger partial charge in [0.1, 0.15) is 0 Å². The predicted molar refractivity (Wildman–Crippen MR) is 55.6 cm³/mol. The largest absolute Gasteiger partial charge is 0.388 e. The number of thioether (sulfide) groups is 1. The number of hydrogen-bond donors (Lipinski definition) is 1. The Morgan fingerprint density at radius 3 is 2.77 bits per heavy atom. The minimum absolute atomic E-state index is 0.0283. The lowest BCUT2D eigenvalue weighted by Crippen LogP contribution is -2.13. The summed E-state index contributed by atoms with van der Waals surface area (Å²) in [6.07, 6.45) is 2.02. The summed E-state index contributed by atoms with van der Waals surface area (Å²) < 4.78 is 0. The molecule has 0 aromatic carbocycles. The van der Waals surface area contributed by atoms with Gasteiger partial charge >= 0.3 is 0 Å². The topological polar surface area (TPSA) is 37.3 Å². The number of carbonyl (C=O) groups is 1. The van der Waals surface area contributed by atoms with Gasteiger partial charge < -0.3 is 5.11 Å². The van der Waals surface area contributed by atoms with Gasteiger partial charge in [0.2, 0.25) is 5.12 Å². The minimum atomic E-state index is -0.554. The zero-order valence-corrected chi connectivity index (χ0v) is 9.15. The van der Waals surface area contributed by atoms with Crippen molar-refractivity contribution in [3.8, 4) is 0 Å². The highest BCUT2D eigenvalue weighted by atomic mass is 32.2. The summed E-state index contributed by atoms with van der Waals surface area (Å²) >= 11 is 1.27. The Morgan fingerprint density at radius 2 is 2.38 bits per heavy atom. The van der Waals surface area contributed by atoms with Gasteiger partial charge in [0.15, 0.2) is 0 Å². The predicted octanol–water partition coefficient (Wildman–Crippen LogP) is 1.98. The Balaban J connectivity index is 2.74. The summed E-state index contributed by atoms with van der Waals surface area (Å²) in [5.74, 6) is 0.767. The number of aliphatic hydroxyl groups is 1. The van der Waals surface area contributed by atoms with Gasteiger partial charge in [-0.25, -0.2) is 0 Å². The van der Waals surface area contributed by atoms with E-state index in [-0.39, 0.29) is 10.5 Å². The summed E-state index contributed by atoms with van der Waals surface area (Å²) in [6, 6.07) is 0. The molecule has 0 saturated heterocycles. The summed E-state index contributed by atoms with van der Waals surface area (Å²) in [4.78, 5) is 11.5. The molecule has 1 rings (SSSR count). The summed E-state index contributed by atoms with van der Waals surface area (Å²) in [6.45, 7) is 6.01. The van der Waals surface area contributed by atoms with Gasteiger partial charge in [-0.15, -0.1) is 0 Å². The van der Waals surface area contributed by atoms with Crippen LogP contribution in [0.15, 0.2) is 11.6 Å². The van der Waals surface area contributed by atoms with Gasteiger partial charge in [0, 0.05) is 5.57 Å². The van der Waals surface area contributed by atoms with Gasteiger partial charge in [-0.2, -0.15) is 0 Å². The van der Waals surface area contributed by atoms with E-state index in [1.807, 2.05) is 26.8 Å². The van der Waals surface area contributed by atoms with E-state index in [1.54, 1.807) is 0 Å². The lowest BCUT2D eigenvalue weighted by Gasteiger charge is -2.13. The van der Waals surface area contributed by atoms with Gasteiger partial charge in [-0.3, -0.25) is 4.79 Å². The maximum atomic E-state index is 11.5. The molecule has 0 bridgehead atoms. The van der Waals surface area contributed by atoms with Crippen molar-refractivity contribution in [3.63, 3.8) is 0 Å². The first-order valence-corrected chi connectivity index (χ1v) is 5.53. The molecule has 0 heterocycles. The minimum Gasteiger partial charge on any atom is -0.388 e. The molecule has 0 aromatic heterocycles. The molecule has 1 unspecified atom stereocenters. The van der Waals surface area contributed by atoms with Crippen LogP contribution in [0.2, 0.25) is 0 Å². The van der Waals surface area contributed by atoms with Crippen molar-refractivity contribution in [3.05, 3.63) is 11.6 Å². The highest BCUT2D eigenvalue weighted by Crippen LogP contribution is 2.36. The van der Waals surface area contributed by atoms with Crippen LogP contribution < -0.4 is 0 Å². The van der Waals surface area contributed by atoms with Gasteiger partial charge in [0.05, 0.1) is 6.10 Å². The van der Waals surface area contributed by atoms with Crippen LogP contribution in [0.1, 0.15) is 27.2 Å². The van der Waals surface area contributed by atoms with Crippen molar-refractivity contribution in [1.82, 2.24) is 0 Å². The van der Waals surface area contributed by atoms with Crippen LogP contribution in [-0.4, -0.2) is 22.1 Å². The van der Waals surface area contributed by atoms with Crippen molar-refractivity contribution >= 4 is 16.9 Å². The second-order valence-electron chi connectivity index (χ2n) is 4.03. The standard InChI is InChI=1S/C10H16O2S/c1-4-13-9(12)7-5-10(2,3)6-8(7)11/h5,8,11H,4,6H2,1-3H3. The molecule has 1 aliphatic carbocycles. The molecule has 74 valence electrons. The molecular formula is C10H16O2S. The van der Waals surface area contributed by atoms with Gasteiger partial charge in [0.25, 0.3) is 0 Å². The van der Waals surface area contributed by atoms with E-state index in [2.05, 4.69) is 0 Å². The normalized spacial score (nSPS) is 25.8. The first-order chi connectivity index (χ1) is 5.96. The third-order valence-electron chi connectivity index (χ3n) is 2.14. The van der Waals surface area contributed by atoms with Crippen molar-refractivity contribution in [2.45, 2.75) is 33.3 Å². The van der Waals surface area contributed by atoms with E-state index >= 15 is 0 Å². The van der Waals surface area contributed by atoms with Crippen LogP contribution in [0.5, 0.6) is 0 Å². The smallest absolute Gasteiger partial charge is 0.217 e. The van der Waals surface area contributed by atoms with E-state index in [1.165, 1.54) is 11.8 Å². The van der Waals surface area contributed by atoms with Crippen molar-refractivity contribution in [2.75, 3.05) is 5.75 Å². The SMILES string of the molecule is CCSC(=O)C1=CC(C)(C)CC1O. The molecule has 2 nitrogen and oxygen atoms in total. The maximum Gasteiger partial charge on any atom is 0.217 e.